The SMILES string of the molecule is O=C([O-])C1=NO[C@@H]2CCC[C@H]12.[Na+]. The van der Waals surface area contributed by atoms with E-state index in [-0.39, 0.29) is 47.3 Å². The van der Waals surface area contributed by atoms with E-state index in [1.165, 1.54) is 0 Å². The molecule has 60 valence electrons. The number of rotatable bonds is 1. The van der Waals surface area contributed by atoms with E-state index < -0.39 is 5.97 Å². The predicted octanol–water partition coefficient (Wildman–Crippen LogP) is -3.70. The fourth-order valence-corrected chi connectivity index (χ4v) is 1.75. The van der Waals surface area contributed by atoms with Crippen LogP contribution in [-0.4, -0.2) is 17.8 Å². The molecule has 0 bridgehead atoms. The first-order chi connectivity index (χ1) is 5.29. The summed E-state index contributed by atoms with van der Waals surface area (Å²) in [4.78, 5) is 15.3. The first-order valence-electron chi connectivity index (χ1n) is 3.74. The number of carboxylic acid groups (broad SMARTS) is 1. The van der Waals surface area contributed by atoms with Crippen LogP contribution in [0, 0.1) is 5.92 Å². The van der Waals surface area contributed by atoms with Crippen LogP contribution in [0.15, 0.2) is 5.16 Å². The number of aliphatic carboxylic acids is 1. The number of hydrogen-bond donors (Lipinski definition) is 0. The van der Waals surface area contributed by atoms with Gasteiger partial charge in [0.25, 0.3) is 0 Å². The molecule has 0 radical (unpaired) electrons. The number of hydrogen-bond acceptors (Lipinski definition) is 4. The first-order valence-corrected chi connectivity index (χ1v) is 3.74. The first kappa shape index (κ1) is 10.0. The van der Waals surface area contributed by atoms with Gasteiger partial charge in [-0.2, -0.15) is 0 Å². The molecule has 1 aliphatic heterocycles. The molecule has 2 rings (SSSR count). The van der Waals surface area contributed by atoms with Crippen molar-refractivity contribution in [1.82, 2.24) is 0 Å². The summed E-state index contributed by atoms with van der Waals surface area (Å²) >= 11 is 0. The van der Waals surface area contributed by atoms with Crippen LogP contribution in [0.2, 0.25) is 0 Å². The molecule has 1 aliphatic carbocycles. The molecule has 0 aromatic carbocycles. The third-order valence-electron chi connectivity index (χ3n) is 2.30. The minimum atomic E-state index is -1.18. The smallest absolute Gasteiger partial charge is 0.543 e. The van der Waals surface area contributed by atoms with Crippen molar-refractivity contribution in [1.29, 1.82) is 0 Å². The second-order valence-electron chi connectivity index (χ2n) is 2.95. The Bertz CT molecular complexity index is 229. The van der Waals surface area contributed by atoms with Crippen molar-refractivity contribution in [3.8, 4) is 0 Å². The largest absolute Gasteiger partial charge is 1.00 e. The molecule has 0 saturated heterocycles. The fourth-order valence-electron chi connectivity index (χ4n) is 1.75. The number of nitrogens with zero attached hydrogens (tertiary/aromatic N) is 1. The molecule has 0 aromatic heterocycles. The normalized spacial score (nSPS) is 31.5. The molecule has 12 heavy (non-hydrogen) atoms. The van der Waals surface area contributed by atoms with Gasteiger partial charge >= 0.3 is 29.6 Å². The van der Waals surface area contributed by atoms with Crippen molar-refractivity contribution in [2.45, 2.75) is 25.4 Å². The third kappa shape index (κ3) is 1.51. The molecule has 0 unspecified atom stereocenters. The van der Waals surface area contributed by atoms with Crippen LogP contribution in [0.1, 0.15) is 19.3 Å². The minimum absolute atomic E-state index is 0. The van der Waals surface area contributed by atoms with Gasteiger partial charge in [-0.05, 0) is 19.3 Å². The summed E-state index contributed by atoms with van der Waals surface area (Å²) in [6, 6.07) is 0. The van der Waals surface area contributed by atoms with E-state index in [1.807, 2.05) is 0 Å². The van der Waals surface area contributed by atoms with Crippen LogP contribution >= 0.6 is 0 Å². The second-order valence-corrected chi connectivity index (χ2v) is 2.95. The number of carbonyl (C=O) groups excluding carboxylic acids is 1. The Hall–Kier alpha value is -0.0600. The molecule has 2 aliphatic rings. The summed E-state index contributed by atoms with van der Waals surface area (Å²) in [6.07, 6.45) is 2.84. The molecule has 4 nitrogen and oxygen atoms in total. The van der Waals surface area contributed by atoms with Gasteiger partial charge in [-0.25, -0.2) is 0 Å². The molecule has 1 heterocycles. The zero-order chi connectivity index (χ0) is 7.84. The van der Waals surface area contributed by atoms with Gasteiger partial charge in [0.2, 0.25) is 0 Å². The molecule has 0 amide bonds. The van der Waals surface area contributed by atoms with Gasteiger partial charge in [0, 0.05) is 5.92 Å². The van der Waals surface area contributed by atoms with Crippen molar-refractivity contribution in [3.63, 3.8) is 0 Å². The van der Waals surface area contributed by atoms with Crippen LogP contribution in [0.25, 0.3) is 0 Å². The maximum absolute atomic E-state index is 10.4. The Morgan fingerprint density at radius 1 is 1.58 bits per heavy atom. The van der Waals surface area contributed by atoms with E-state index in [4.69, 9.17) is 4.84 Å². The molecule has 1 saturated carbocycles. The predicted molar refractivity (Wildman–Crippen MR) is 34.7 cm³/mol. The summed E-state index contributed by atoms with van der Waals surface area (Å²) in [5.41, 5.74) is 0.104. The van der Waals surface area contributed by atoms with Crippen molar-refractivity contribution >= 4 is 11.7 Å². The van der Waals surface area contributed by atoms with Gasteiger partial charge in [0.15, 0.2) is 0 Å². The van der Waals surface area contributed by atoms with Crippen LogP contribution < -0.4 is 34.7 Å². The molecule has 5 heteroatoms. The second kappa shape index (κ2) is 3.77. The Morgan fingerprint density at radius 2 is 2.33 bits per heavy atom. The zero-order valence-electron chi connectivity index (χ0n) is 6.95. The van der Waals surface area contributed by atoms with Crippen LogP contribution in [0.4, 0.5) is 0 Å². The van der Waals surface area contributed by atoms with E-state index in [0.29, 0.717) is 0 Å². The number of oxime groups is 1. The molecule has 0 spiro atoms. The van der Waals surface area contributed by atoms with Gasteiger partial charge in [0.1, 0.15) is 11.8 Å². The zero-order valence-corrected chi connectivity index (χ0v) is 8.95. The maximum atomic E-state index is 10.4. The molecular formula is C7H8NNaO3. The Kier molecular flexibility index (Phi) is 3.15. The van der Waals surface area contributed by atoms with E-state index >= 15 is 0 Å². The number of fused-ring (bicyclic) bond motifs is 1. The Labute approximate surface area is 92.2 Å². The monoisotopic (exact) mass is 177 g/mol. The topological polar surface area (TPSA) is 61.7 Å². The van der Waals surface area contributed by atoms with Crippen molar-refractivity contribution in [2.75, 3.05) is 0 Å². The van der Waals surface area contributed by atoms with E-state index in [2.05, 4.69) is 5.16 Å². The van der Waals surface area contributed by atoms with Crippen molar-refractivity contribution in [2.24, 2.45) is 11.1 Å². The Balaban J connectivity index is 0.000000720. The quantitative estimate of drug-likeness (QED) is 0.387. The van der Waals surface area contributed by atoms with Crippen LogP contribution in [0.5, 0.6) is 0 Å². The average molecular weight is 177 g/mol. The molecule has 0 aromatic rings. The van der Waals surface area contributed by atoms with E-state index in [1.54, 1.807) is 0 Å². The average Bonchev–Trinajstić information content (AvgIpc) is 2.41. The summed E-state index contributed by atoms with van der Waals surface area (Å²) < 4.78 is 0. The van der Waals surface area contributed by atoms with Gasteiger partial charge in [-0.15, -0.1) is 0 Å². The molecular weight excluding hydrogens is 169 g/mol. The number of carbonyl (C=O) groups is 1. The third-order valence-corrected chi connectivity index (χ3v) is 2.30. The van der Waals surface area contributed by atoms with E-state index in [9.17, 15) is 9.90 Å². The van der Waals surface area contributed by atoms with Crippen LogP contribution in [0.3, 0.4) is 0 Å². The standard InChI is InChI=1S/C7H9NO3.Na/c9-7(10)6-4-2-1-3-5(4)11-8-6;/h4-5H,1-3H2,(H,9,10);/q;+1/p-1/t4-,5+;/m0./s1. The maximum Gasteiger partial charge on any atom is 1.00 e. The molecule has 0 N–H and O–H groups in total. The summed E-state index contributed by atoms with van der Waals surface area (Å²) in [5.74, 6) is -1.18. The molecule has 2 atom stereocenters. The van der Waals surface area contributed by atoms with E-state index in [0.717, 1.165) is 19.3 Å². The summed E-state index contributed by atoms with van der Waals surface area (Å²) in [5, 5.41) is 13.9. The summed E-state index contributed by atoms with van der Waals surface area (Å²) in [6.45, 7) is 0. The van der Waals surface area contributed by atoms with Gasteiger partial charge < -0.3 is 14.7 Å². The van der Waals surface area contributed by atoms with Gasteiger partial charge in [-0.1, -0.05) is 5.16 Å². The van der Waals surface area contributed by atoms with Crippen LogP contribution in [-0.2, 0) is 9.63 Å². The summed E-state index contributed by atoms with van der Waals surface area (Å²) in [7, 11) is 0. The van der Waals surface area contributed by atoms with Gasteiger partial charge in [-0.3, -0.25) is 0 Å². The van der Waals surface area contributed by atoms with Crippen molar-refractivity contribution < 1.29 is 44.3 Å². The molecule has 1 fully saturated rings. The fraction of sp³-hybridized carbons (Fsp3) is 0.714. The minimum Gasteiger partial charge on any atom is -0.543 e. The van der Waals surface area contributed by atoms with Crippen molar-refractivity contribution in [3.05, 3.63) is 0 Å². The Morgan fingerprint density at radius 3 is 3.00 bits per heavy atom. The van der Waals surface area contributed by atoms with Gasteiger partial charge in [0.05, 0.1) is 5.97 Å². The number of carboxylic acids is 1.